The predicted octanol–water partition coefficient (Wildman–Crippen LogP) is 2.88. The number of aromatic carboxylic acids is 1. The first-order valence-electron chi connectivity index (χ1n) is 7.08. The topological polar surface area (TPSA) is 66.6 Å². The van der Waals surface area contributed by atoms with E-state index in [4.69, 9.17) is 4.52 Å². The maximum absolute atomic E-state index is 11.2. The molecule has 0 aliphatic heterocycles. The van der Waals surface area contributed by atoms with Crippen LogP contribution in [-0.2, 0) is 13.1 Å². The number of carbonyl (C=O) groups is 1. The number of hydrogen-bond donors (Lipinski definition) is 1. The third-order valence-corrected chi connectivity index (χ3v) is 3.68. The maximum Gasteiger partial charge on any atom is 0.336 e. The van der Waals surface area contributed by atoms with Crippen molar-refractivity contribution in [3.8, 4) is 0 Å². The number of rotatable bonds is 6. The zero-order valence-corrected chi connectivity index (χ0v) is 12.0. The van der Waals surface area contributed by atoms with E-state index in [9.17, 15) is 9.90 Å². The lowest BCUT2D eigenvalue weighted by atomic mass is 10.1. The van der Waals surface area contributed by atoms with Crippen LogP contribution < -0.4 is 0 Å². The van der Waals surface area contributed by atoms with Gasteiger partial charge in [0.15, 0.2) is 0 Å². The Morgan fingerprint density at radius 2 is 2.14 bits per heavy atom. The molecule has 1 N–H and O–H groups in total. The second kappa shape index (κ2) is 5.69. The van der Waals surface area contributed by atoms with E-state index in [1.807, 2.05) is 30.1 Å². The first-order chi connectivity index (χ1) is 10.1. The van der Waals surface area contributed by atoms with Gasteiger partial charge in [0, 0.05) is 25.1 Å². The van der Waals surface area contributed by atoms with Crippen molar-refractivity contribution in [2.24, 2.45) is 0 Å². The summed E-state index contributed by atoms with van der Waals surface area (Å²) in [5.74, 6) is 0.644. The van der Waals surface area contributed by atoms with Gasteiger partial charge in [0.2, 0.25) is 0 Å². The molecule has 1 aliphatic rings. The SMILES string of the molecule is CN(Cc1cc(C2CC2)on1)Cc1ccccc1C(=O)O. The van der Waals surface area contributed by atoms with Gasteiger partial charge in [-0.2, -0.15) is 0 Å². The second-order valence-electron chi connectivity index (χ2n) is 5.63. The van der Waals surface area contributed by atoms with Crippen molar-refractivity contribution >= 4 is 5.97 Å². The lowest BCUT2D eigenvalue weighted by molar-refractivity contribution is 0.0694. The first kappa shape index (κ1) is 13.8. The van der Waals surface area contributed by atoms with Gasteiger partial charge < -0.3 is 9.63 Å². The molecule has 0 spiro atoms. The van der Waals surface area contributed by atoms with E-state index < -0.39 is 5.97 Å². The highest BCUT2D eigenvalue weighted by atomic mass is 16.5. The van der Waals surface area contributed by atoms with E-state index in [0.29, 0.717) is 24.6 Å². The molecule has 1 aromatic carbocycles. The Hall–Kier alpha value is -2.14. The number of carboxylic acids is 1. The van der Waals surface area contributed by atoms with E-state index in [-0.39, 0.29) is 0 Å². The third-order valence-electron chi connectivity index (χ3n) is 3.68. The van der Waals surface area contributed by atoms with Gasteiger partial charge in [-0.15, -0.1) is 0 Å². The molecule has 1 fully saturated rings. The molecule has 1 heterocycles. The van der Waals surface area contributed by atoms with Gasteiger partial charge >= 0.3 is 5.97 Å². The molecule has 110 valence electrons. The van der Waals surface area contributed by atoms with Crippen molar-refractivity contribution in [2.45, 2.75) is 31.8 Å². The molecular formula is C16H18N2O3. The molecule has 1 aliphatic carbocycles. The number of aromatic nitrogens is 1. The van der Waals surface area contributed by atoms with Crippen LogP contribution in [0.5, 0.6) is 0 Å². The van der Waals surface area contributed by atoms with Gasteiger partial charge in [-0.3, -0.25) is 4.90 Å². The van der Waals surface area contributed by atoms with E-state index in [0.717, 1.165) is 17.0 Å². The third kappa shape index (κ3) is 3.31. The highest BCUT2D eigenvalue weighted by Gasteiger charge is 2.27. The molecule has 0 unspecified atom stereocenters. The summed E-state index contributed by atoms with van der Waals surface area (Å²) in [7, 11) is 1.95. The summed E-state index contributed by atoms with van der Waals surface area (Å²) in [5, 5.41) is 13.3. The lowest BCUT2D eigenvalue weighted by Gasteiger charge is -2.16. The molecular weight excluding hydrogens is 268 g/mol. The summed E-state index contributed by atoms with van der Waals surface area (Å²) in [6.07, 6.45) is 2.38. The smallest absolute Gasteiger partial charge is 0.336 e. The Morgan fingerprint density at radius 3 is 2.86 bits per heavy atom. The molecule has 1 aromatic heterocycles. The quantitative estimate of drug-likeness (QED) is 0.884. The van der Waals surface area contributed by atoms with Crippen LogP contribution in [0.25, 0.3) is 0 Å². The highest BCUT2D eigenvalue weighted by Crippen LogP contribution is 2.40. The largest absolute Gasteiger partial charge is 0.478 e. The standard InChI is InChI=1S/C16H18N2O3/c1-18(9-12-4-2-3-5-14(12)16(19)20)10-13-8-15(21-17-13)11-6-7-11/h2-5,8,11H,6-7,9-10H2,1H3,(H,19,20). The molecule has 0 atom stereocenters. The molecule has 5 heteroatoms. The minimum absolute atomic E-state index is 0.350. The first-order valence-corrected chi connectivity index (χ1v) is 7.08. The Bertz CT molecular complexity index is 646. The Balaban J connectivity index is 1.65. The van der Waals surface area contributed by atoms with Gasteiger partial charge in [0.05, 0.1) is 11.3 Å². The Morgan fingerprint density at radius 1 is 1.38 bits per heavy atom. The molecule has 21 heavy (non-hydrogen) atoms. The zero-order valence-electron chi connectivity index (χ0n) is 12.0. The van der Waals surface area contributed by atoms with Gasteiger partial charge in [-0.05, 0) is 31.5 Å². The summed E-state index contributed by atoms with van der Waals surface area (Å²) in [5.41, 5.74) is 2.05. The average Bonchev–Trinajstić information content (AvgIpc) is 3.20. The highest BCUT2D eigenvalue weighted by molar-refractivity contribution is 5.89. The van der Waals surface area contributed by atoms with Crippen LogP contribution in [0.4, 0.5) is 0 Å². The van der Waals surface area contributed by atoms with Crippen molar-refractivity contribution < 1.29 is 14.4 Å². The fourth-order valence-electron chi connectivity index (χ4n) is 2.45. The summed E-state index contributed by atoms with van der Waals surface area (Å²) in [4.78, 5) is 13.2. The van der Waals surface area contributed by atoms with Crippen LogP contribution >= 0.6 is 0 Å². The van der Waals surface area contributed by atoms with Crippen molar-refractivity contribution in [1.82, 2.24) is 10.1 Å². The van der Waals surface area contributed by atoms with Gasteiger partial charge in [0.1, 0.15) is 5.76 Å². The van der Waals surface area contributed by atoms with Crippen LogP contribution in [0.3, 0.4) is 0 Å². The van der Waals surface area contributed by atoms with Crippen molar-refractivity contribution in [2.75, 3.05) is 7.05 Å². The van der Waals surface area contributed by atoms with Crippen LogP contribution in [0.15, 0.2) is 34.9 Å². The Kier molecular flexibility index (Phi) is 3.75. The number of hydrogen-bond acceptors (Lipinski definition) is 4. The van der Waals surface area contributed by atoms with E-state index in [1.165, 1.54) is 12.8 Å². The minimum Gasteiger partial charge on any atom is -0.478 e. The lowest BCUT2D eigenvalue weighted by Crippen LogP contribution is -2.19. The molecule has 3 rings (SSSR count). The number of carboxylic acid groups (broad SMARTS) is 1. The summed E-state index contributed by atoms with van der Waals surface area (Å²) >= 11 is 0. The molecule has 2 aromatic rings. The number of benzene rings is 1. The van der Waals surface area contributed by atoms with Crippen LogP contribution in [-0.4, -0.2) is 28.2 Å². The van der Waals surface area contributed by atoms with Crippen molar-refractivity contribution in [3.63, 3.8) is 0 Å². The molecule has 1 saturated carbocycles. The van der Waals surface area contributed by atoms with Crippen LogP contribution in [0.2, 0.25) is 0 Å². The minimum atomic E-state index is -0.892. The molecule has 0 amide bonds. The van der Waals surface area contributed by atoms with Crippen LogP contribution in [0.1, 0.15) is 46.1 Å². The van der Waals surface area contributed by atoms with Gasteiger partial charge in [0.25, 0.3) is 0 Å². The normalized spacial score (nSPS) is 14.6. The summed E-state index contributed by atoms with van der Waals surface area (Å²) in [6.45, 7) is 1.21. The monoisotopic (exact) mass is 286 g/mol. The van der Waals surface area contributed by atoms with Crippen LogP contribution in [0, 0.1) is 0 Å². The van der Waals surface area contributed by atoms with E-state index in [1.54, 1.807) is 12.1 Å². The summed E-state index contributed by atoms with van der Waals surface area (Å²) in [6, 6.07) is 9.09. The van der Waals surface area contributed by atoms with E-state index in [2.05, 4.69) is 5.16 Å². The fraction of sp³-hybridized carbons (Fsp3) is 0.375. The van der Waals surface area contributed by atoms with Gasteiger partial charge in [-0.25, -0.2) is 4.79 Å². The number of nitrogens with zero attached hydrogens (tertiary/aromatic N) is 2. The molecule has 0 radical (unpaired) electrons. The second-order valence-corrected chi connectivity index (χ2v) is 5.63. The van der Waals surface area contributed by atoms with Gasteiger partial charge in [-0.1, -0.05) is 23.4 Å². The fourth-order valence-corrected chi connectivity index (χ4v) is 2.45. The maximum atomic E-state index is 11.2. The predicted molar refractivity (Wildman–Crippen MR) is 77.1 cm³/mol. The summed E-state index contributed by atoms with van der Waals surface area (Å²) < 4.78 is 5.33. The zero-order chi connectivity index (χ0) is 14.8. The van der Waals surface area contributed by atoms with Crippen molar-refractivity contribution in [3.05, 3.63) is 52.9 Å². The Labute approximate surface area is 123 Å². The average molecular weight is 286 g/mol. The van der Waals surface area contributed by atoms with Crippen molar-refractivity contribution in [1.29, 1.82) is 0 Å². The van der Waals surface area contributed by atoms with E-state index >= 15 is 0 Å². The molecule has 0 bridgehead atoms. The molecule has 5 nitrogen and oxygen atoms in total. The molecule has 0 saturated heterocycles.